The number of hydrogen-bond acceptors (Lipinski definition) is 4. The summed E-state index contributed by atoms with van der Waals surface area (Å²) in [5.41, 5.74) is 0. The number of aliphatic hydroxyl groups excluding tert-OH is 1. The van der Waals surface area contributed by atoms with Crippen LogP contribution in [0, 0.1) is 11.6 Å². The molecule has 0 aliphatic rings. The second-order valence-electron chi connectivity index (χ2n) is 4.27. The van der Waals surface area contributed by atoms with Gasteiger partial charge in [0.2, 0.25) is 10.0 Å². The Balaban J connectivity index is 2.02. The number of nitrogens with one attached hydrogen (secondary N) is 1. The Morgan fingerprint density at radius 1 is 1.19 bits per heavy atom. The molecule has 0 spiro atoms. The Labute approximate surface area is 120 Å². The SMILES string of the molecule is O=S(=O)(NCCC(O)c1ccco1)c1c(F)cccc1F. The number of aliphatic hydroxyl groups is 1. The second kappa shape index (κ2) is 6.33. The van der Waals surface area contributed by atoms with Crippen molar-refractivity contribution in [3.63, 3.8) is 0 Å². The van der Waals surface area contributed by atoms with Gasteiger partial charge in [0.15, 0.2) is 4.90 Å². The van der Waals surface area contributed by atoms with Gasteiger partial charge in [-0.05, 0) is 30.7 Å². The van der Waals surface area contributed by atoms with Crippen molar-refractivity contribution in [3.05, 3.63) is 54.0 Å². The van der Waals surface area contributed by atoms with E-state index in [4.69, 9.17) is 4.42 Å². The zero-order valence-corrected chi connectivity index (χ0v) is 11.6. The van der Waals surface area contributed by atoms with Crippen molar-refractivity contribution in [2.75, 3.05) is 6.54 Å². The van der Waals surface area contributed by atoms with E-state index in [1.165, 1.54) is 12.3 Å². The molecular formula is C13H13F2NO4S. The zero-order chi connectivity index (χ0) is 15.5. The van der Waals surface area contributed by atoms with Crippen LogP contribution < -0.4 is 4.72 Å². The quantitative estimate of drug-likeness (QED) is 0.853. The first-order valence-electron chi connectivity index (χ1n) is 6.07. The van der Waals surface area contributed by atoms with Crippen molar-refractivity contribution < 1.29 is 26.7 Å². The predicted molar refractivity (Wildman–Crippen MR) is 69.8 cm³/mol. The molecule has 2 N–H and O–H groups in total. The summed E-state index contributed by atoms with van der Waals surface area (Å²) >= 11 is 0. The molecule has 21 heavy (non-hydrogen) atoms. The van der Waals surface area contributed by atoms with Crippen molar-refractivity contribution in [2.45, 2.75) is 17.4 Å². The number of sulfonamides is 1. The molecular weight excluding hydrogens is 304 g/mol. The van der Waals surface area contributed by atoms with Gasteiger partial charge < -0.3 is 9.52 Å². The van der Waals surface area contributed by atoms with Crippen LogP contribution in [0.3, 0.4) is 0 Å². The molecule has 0 amide bonds. The molecule has 2 rings (SSSR count). The lowest BCUT2D eigenvalue weighted by Gasteiger charge is -2.10. The fourth-order valence-electron chi connectivity index (χ4n) is 1.76. The third kappa shape index (κ3) is 3.66. The van der Waals surface area contributed by atoms with E-state index in [0.29, 0.717) is 0 Å². The summed E-state index contributed by atoms with van der Waals surface area (Å²) < 4.78 is 57.5. The highest BCUT2D eigenvalue weighted by Crippen LogP contribution is 2.19. The smallest absolute Gasteiger partial charge is 0.246 e. The molecule has 1 aromatic carbocycles. The average Bonchev–Trinajstić information content (AvgIpc) is 2.91. The molecule has 8 heteroatoms. The van der Waals surface area contributed by atoms with E-state index in [-0.39, 0.29) is 18.7 Å². The third-order valence-corrected chi connectivity index (χ3v) is 4.28. The highest BCUT2D eigenvalue weighted by molar-refractivity contribution is 7.89. The van der Waals surface area contributed by atoms with Crippen LogP contribution in [-0.4, -0.2) is 20.1 Å². The van der Waals surface area contributed by atoms with Gasteiger partial charge in [0.05, 0.1) is 6.26 Å². The molecule has 114 valence electrons. The largest absolute Gasteiger partial charge is 0.467 e. The third-order valence-electron chi connectivity index (χ3n) is 2.77. The lowest BCUT2D eigenvalue weighted by molar-refractivity contribution is 0.141. The van der Waals surface area contributed by atoms with Gasteiger partial charge in [-0.3, -0.25) is 0 Å². The van der Waals surface area contributed by atoms with Gasteiger partial charge in [-0.15, -0.1) is 0 Å². The van der Waals surface area contributed by atoms with Crippen LogP contribution in [0.15, 0.2) is 45.9 Å². The molecule has 0 aliphatic heterocycles. The topological polar surface area (TPSA) is 79.5 Å². The first kappa shape index (κ1) is 15.6. The maximum atomic E-state index is 13.4. The molecule has 0 aliphatic carbocycles. The highest BCUT2D eigenvalue weighted by atomic mass is 32.2. The Hall–Kier alpha value is -1.77. The van der Waals surface area contributed by atoms with Crippen LogP contribution in [0.1, 0.15) is 18.3 Å². The molecule has 0 saturated carbocycles. The molecule has 0 radical (unpaired) electrons. The lowest BCUT2D eigenvalue weighted by Crippen LogP contribution is -2.27. The summed E-state index contributed by atoms with van der Waals surface area (Å²) in [7, 11) is -4.33. The van der Waals surface area contributed by atoms with Gasteiger partial charge in [-0.25, -0.2) is 21.9 Å². The Morgan fingerprint density at radius 2 is 1.86 bits per heavy atom. The van der Waals surface area contributed by atoms with Gasteiger partial charge >= 0.3 is 0 Å². The van der Waals surface area contributed by atoms with Crippen molar-refractivity contribution in [1.29, 1.82) is 0 Å². The molecule has 0 fully saturated rings. The second-order valence-corrected chi connectivity index (χ2v) is 5.97. The highest BCUT2D eigenvalue weighted by Gasteiger charge is 2.23. The monoisotopic (exact) mass is 317 g/mol. The van der Waals surface area contributed by atoms with E-state index in [1.54, 1.807) is 6.07 Å². The van der Waals surface area contributed by atoms with Crippen molar-refractivity contribution in [1.82, 2.24) is 4.72 Å². The molecule has 1 heterocycles. The maximum Gasteiger partial charge on any atom is 0.246 e. The first-order chi connectivity index (χ1) is 9.92. The van der Waals surface area contributed by atoms with E-state index in [2.05, 4.69) is 0 Å². The average molecular weight is 317 g/mol. The van der Waals surface area contributed by atoms with Crippen LogP contribution >= 0.6 is 0 Å². The van der Waals surface area contributed by atoms with Crippen LogP contribution in [0.25, 0.3) is 0 Å². The molecule has 2 aromatic rings. The first-order valence-corrected chi connectivity index (χ1v) is 7.55. The molecule has 5 nitrogen and oxygen atoms in total. The summed E-state index contributed by atoms with van der Waals surface area (Å²) in [4.78, 5) is -1.03. The van der Waals surface area contributed by atoms with E-state index < -0.39 is 32.7 Å². The maximum absolute atomic E-state index is 13.4. The van der Waals surface area contributed by atoms with E-state index in [9.17, 15) is 22.3 Å². The minimum Gasteiger partial charge on any atom is -0.467 e. The molecule has 1 atom stereocenters. The minimum atomic E-state index is -4.33. The number of halogens is 2. The lowest BCUT2D eigenvalue weighted by atomic mass is 10.2. The van der Waals surface area contributed by atoms with E-state index >= 15 is 0 Å². The number of hydrogen-bond donors (Lipinski definition) is 2. The fraction of sp³-hybridized carbons (Fsp3) is 0.231. The number of rotatable bonds is 6. The zero-order valence-electron chi connectivity index (χ0n) is 10.8. The number of furan rings is 1. The summed E-state index contributed by atoms with van der Waals surface area (Å²) in [5, 5.41) is 9.71. The Bertz CT molecular complexity index is 681. The van der Waals surface area contributed by atoms with Gasteiger partial charge in [0, 0.05) is 6.54 Å². The Morgan fingerprint density at radius 3 is 2.43 bits per heavy atom. The molecule has 1 unspecified atom stereocenters. The normalized spacial score (nSPS) is 13.3. The summed E-state index contributed by atoms with van der Waals surface area (Å²) in [6, 6.07) is 5.90. The van der Waals surface area contributed by atoms with Gasteiger partial charge in [-0.2, -0.15) is 0 Å². The Kier molecular flexibility index (Phi) is 4.71. The fourth-order valence-corrected chi connectivity index (χ4v) is 2.95. The van der Waals surface area contributed by atoms with Gasteiger partial charge in [0.1, 0.15) is 23.5 Å². The van der Waals surface area contributed by atoms with Crippen molar-refractivity contribution >= 4 is 10.0 Å². The van der Waals surface area contributed by atoms with Gasteiger partial charge in [-0.1, -0.05) is 6.07 Å². The van der Waals surface area contributed by atoms with Gasteiger partial charge in [0.25, 0.3) is 0 Å². The van der Waals surface area contributed by atoms with E-state index in [1.807, 2.05) is 4.72 Å². The van der Waals surface area contributed by atoms with Crippen molar-refractivity contribution in [2.24, 2.45) is 0 Å². The molecule has 1 aromatic heterocycles. The number of benzene rings is 1. The standard InChI is InChI=1S/C13H13F2NO4S/c14-9-3-1-4-10(15)13(9)21(18,19)16-7-6-11(17)12-5-2-8-20-12/h1-5,8,11,16-17H,6-7H2. The summed E-state index contributed by atoms with van der Waals surface area (Å²) in [6.07, 6.45) is 0.369. The minimum absolute atomic E-state index is 0.00279. The predicted octanol–water partition coefficient (Wildman–Crippen LogP) is 1.96. The van der Waals surface area contributed by atoms with Crippen LogP contribution in [0.5, 0.6) is 0 Å². The van der Waals surface area contributed by atoms with Crippen LogP contribution in [-0.2, 0) is 10.0 Å². The molecule has 0 saturated heterocycles. The van der Waals surface area contributed by atoms with E-state index in [0.717, 1.165) is 18.2 Å². The van der Waals surface area contributed by atoms with Crippen molar-refractivity contribution in [3.8, 4) is 0 Å². The summed E-state index contributed by atoms with van der Waals surface area (Å²) in [6.45, 7) is -0.196. The summed E-state index contributed by atoms with van der Waals surface area (Å²) in [5.74, 6) is -2.06. The van der Waals surface area contributed by atoms with Crippen LogP contribution in [0.4, 0.5) is 8.78 Å². The van der Waals surface area contributed by atoms with Crippen LogP contribution in [0.2, 0.25) is 0 Å². The molecule has 0 bridgehead atoms.